The summed E-state index contributed by atoms with van der Waals surface area (Å²) in [5, 5.41) is 7.11. The molecule has 0 bridgehead atoms. The molecule has 2 aromatic carbocycles. The van der Waals surface area contributed by atoms with Crippen LogP contribution in [0.15, 0.2) is 40.9 Å². The van der Waals surface area contributed by atoms with Gasteiger partial charge in [0.1, 0.15) is 0 Å². The van der Waals surface area contributed by atoms with E-state index in [4.69, 9.17) is 12.2 Å². The Hall–Kier alpha value is -1.39. The lowest BCUT2D eigenvalue weighted by Gasteiger charge is -2.14. The SMILES string of the molecule is CCc1cc(Br)ccc1NC(=S)Nc1ccc(C)c(C)c1. The Kier molecular flexibility index (Phi) is 5.37. The second kappa shape index (κ2) is 7.05. The highest BCUT2D eigenvalue weighted by Gasteiger charge is 2.05. The fourth-order valence-corrected chi connectivity index (χ4v) is 2.72. The van der Waals surface area contributed by atoms with E-state index in [1.54, 1.807) is 0 Å². The van der Waals surface area contributed by atoms with Crippen molar-refractivity contribution in [3.05, 3.63) is 57.6 Å². The van der Waals surface area contributed by atoms with E-state index in [0.29, 0.717) is 5.11 Å². The maximum atomic E-state index is 5.40. The smallest absolute Gasteiger partial charge is 0.175 e. The molecule has 0 saturated carbocycles. The lowest BCUT2D eigenvalue weighted by atomic mass is 10.1. The summed E-state index contributed by atoms with van der Waals surface area (Å²) in [7, 11) is 0. The summed E-state index contributed by atoms with van der Waals surface area (Å²) in [6.45, 7) is 6.33. The van der Waals surface area contributed by atoms with Gasteiger partial charge in [-0.2, -0.15) is 0 Å². The first-order valence-electron chi connectivity index (χ1n) is 6.93. The largest absolute Gasteiger partial charge is 0.332 e. The highest BCUT2D eigenvalue weighted by atomic mass is 79.9. The summed E-state index contributed by atoms with van der Waals surface area (Å²) in [5.41, 5.74) is 5.81. The van der Waals surface area contributed by atoms with Gasteiger partial charge >= 0.3 is 0 Å². The molecule has 2 aromatic rings. The third kappa shape index (κ3) is 4.29. The van der Waals surface area contributed by atoms with Gasteiger partial charge in [0.05, 0.1) is 0 Å². The van der Waals surface area contributed by atoms with Crippen LogP contribution >= 0.6 is 28.1 Å². The number of aryl methyl sites for hydroxylation is 3. The minimum absolute atomic E-state index is 0.607. The summed E-state index contributed by atoms with van der Waals surface area (Å²) in [4.78, 5) is 0. The van der Waals surface area contributed by atoms with Gasteiger partial charge in [-0.15, -0.1) is 0 Å². The summed E-state index contributed by atoms with van der Waals surface area (Å²) >= 11 is 8.90. The summed E-state index contributed by atoms with van der Waals surface area (Å²) in [5.74, 6) is 0. The average molecular weight is 363 g/mol. The van der Waals surface area contributed by atoms with Crippen LogP contribution in [0, 0.1) is 13.8 Å². The van der Waals surface area contributed by atoms with Gasteiger partial charge in [-0.05, 0) is 79.5 Å². The Balaban J connectivity index is 2.09. The Morgan fingerprint density at radius 1 is 1.05 bits per heavy atom. The fraction of sp³-hybridized carbons (Fsp3) is 0.235. The molecule has 0 unspecified atom stereocenters. The predicted molar refractivity (Wildman–Crippen MR) is 99.3 cm³/mol. The highest BCUT2D eigenvalue weighted by Crippen LogP contribution is 2.22. The van der Waals surface area contributed by atoms with E-state index >= 15 is 0 Å². The molecule has 0 aliphatic carbocycles. The van der Waals surface area contributed by atoms with Gasteiger partial charge in [0.15, 0.2) is 5.11 Å². The van der Waals surface area contributed by atoms with Crippen LogP contribution in [0.4, 0.5) is 11.4 Å². The molecular weight excluding hydrogens is 344 g/mol. The molecule has 21 heavy (non-hydrogen) atoms. The van der Waals surface area contributed by atoms with Crippen molar-refractivity contribution >= 4 is 44.6 Å². The number of hydrogen-bond donors (Lipinski definition) is 2. The number of thiocarbonyl (C=S) groups is 1. The third-order valence-electron chi connectivity index (χ3n) is 3.46. The van der Waals surface area contributed by atoms with Crippen molar-refractivity contribution in [3.63, 3.8) is 0 Å². The van der Waals surface area contributed by atoms with Crippen molar-refractivity contribution in [2.24, 2.45) is 0 Å². The first-order valence-corrected chi connectivity index (χ1v) is 8.13. The molecule has 2 nitrogen and oxygen atoms in total. The van der Waals surface area contributed by atoms with Gasteiger partial charge < -0.3 is 10.6 Å². The molecule has 0 fully saturated rings. The monoisotopic (exact) mass is 362 g/mol. The standard InChI is InChI=1S/C17H19BrN2S/c1-4-13-10-14(18)6-8-16(13)20-17(21)19-15-7-5-11(2)12(3)9-15/h5-10H,4H2,1-3H3,(H2,19,20,21). The third-order valence-corrected chi connectivity index (χ3v) is 4.16. The van der Waals surface area contributed by atoms with E-state index in [2.05, 4.69) is 65.5 Å². The zero-order valence-electron chi connectivity index (χ0n) is 12.5. The number of benzene rings is 2. The van der Waals surface area contributed by atoms with Crippen LogP contribution in [-0.4, -0.2) is 5.11 Å². The molecule has 4 heteroatoms. The second-order valence-electron chi connectivity index (χ2n) is 5.03. The average Bonchev–Trinajstić information content (AvgIpc) is 2.44. The van der Waals surface area contributed by atoms with Crippen LogP contribution in [0.2, 0.25) is 0 Å². The molecule has 0 radical (unpaired) electrons. The van der Waals surface area contributed by atoms with E-state index in [0.717, 1.165) is 22.3 Å². The molecule has 0 aliphatic rings. The zero-order valence-corrected chi connectivity index (χ0v) is 14.9. The lowest BCUT2D eigenvalue weighted by Crippen LogP contribution is -2.20. The second-order valence-corrected chi connectivity index (χ2v) is 6.36. The first kappa shape index (κ1) is 16.0. The highest BCUT2D eigenvalue weighted by molar-refractivity contribution is 9.10. The number of hydrogen-bond acceptors (Lipinski definition) is 1. The van der Waals surface area contributed by atoms with Crippen molar-refractivity contribution in [2.45, 2.75) is 27.2 Å². The molecule has 0 atom stereocenters. The molecule has 0 aliphatic heterocycles. The zero-order chi connectivity index (χ0) is 15.4. The number of nitrogens with one attached hydrogen (secondary N) is 2. The van der Waals surface area contributed by atoms with E-state index < -0.39 is 0 Å². The molecule has 2 N–H and O–H groups in total. The van der Waals surface area contributed by atoms with Gasteiger partial charge in [0.2, 0.25) is 0 Å². The Labute approximate surface area is 140 Å². The van der Waals surface area contributed by atoms with E-state index in [1.807, 2.05) is 18.2 Å². The van der Waals surface area contributed by atoms with Crippen LogP contribution in [-0.2, 0) is 6.42 Å². The quantitative estimate of drug-likeness (QED) is 0.711. The maximum Gasteiger partial charge on any atom is 0.175 e. The molecular formula is C17H19BrN2S. The van der Waals surface area contributed by atoms with Crippen LogP contribution < -0.4 is 10.6 Å². The summed E-state index contributed by atoms with van der Waals surface area (Å²) in [6.07, 6.45) is 0.952. The van der Waals surface area contributed by atoms with Crippen LogP contribution in [0.3, 0.4) is 0 Å². The fourth-order valence-electron chi connectivity index (χ4n) is 2.08. The van der Waals surface area contributed by atoms with Crippen LogP contribution in [0.25, 0.3) is 0 Å². The number of halogens is 1. The molecule has 0 aromatic heterocycles. The van der Waals surface area contributed by atoms with Gasteiger partial charge in [0, 0.05) is 15.8 Å². The van der Waals surface area contributed by atoms with Crippen molar-refractivity contribution in [1.82, 2.24) is 0 Å². The Morgan fingerprint density at radius 2 is 1.81 bits per heavy atom. The summed E-state index contributed by atoms with van der Waals surface area (Å²) in [6, 6.07) is 12.4. The Morgan fingerprint density at radius 3 is 2.48 bits per heavy atom. The van der Waals surface area contributed by atoms with Gasteiger partial charge in [-0.1, -0.05) is 28.9 Å². The minimum Gasteiger partial charge on any atom is -0.332 e. The topological polar surface area (TPSA) is 24.1 Å². The normalized spacial score (nSPS) is 10.3. The maximum absolute atomic E-state index is 5.40. The Bertz CT molecular complexity index is 668. The lowest BCUT2D eigenvalue weighted by molar-refractivity contribution is 1.14. The molecule has 0 heterocycles. The number of anilines is 2. The van der Waals surface area contributed by atoms with Crippen LogP contribution in [0.1, 0.15) is 23.6 Å². The van der Waals surface area contributed by atoms with E-state index in [9.17, 15) is 0 Å². The van der Waals surface area contributed by atoms with Crippen LogP contribution in [0.5, 0.6) is 0 Å². The molecule has 2 rings (SSSR count). The van der Waals surface area contributed by atoms with E-state index in [1.165, 1.54) is 16.7 Å². The van der Waals surface area contributed by atoms with E-state index in [-0.39, 0.29) is 0 Å². The predicted octanol–water partition coefficient (Wildman–Crippen LogP) is 5.44. The molecule has 110 valence electrons. The van der Waals surface area contributed by atoms with Gasteiger partial charge in [-0.3, -0.25) is 0 Å². The van der Waals surface area contributed by atoms with Crippen molar-refractivity contribution in [1.29, 1.82) is 0 Å². The van der Waals surface area contributed by atoms with Crippen molar-refractivity contribution in [2.75, 3.05) is 10.6 Å². The molecule has 0 amide bonds. The minimum atomic E-state index is 0.607. The number of rotatable bonds is 3. The molecule has 0 spiro atoms. The van der Waals surface area contributed by atoms with Crippen molar-refractivity contribution < 1.29 is 0 Å². The first-order chi connectivity index (χ1) is 9.99. The van der Waals surface area contributed by atoms with Gasteiger partial charge in [-0.25, -0.2) is 0 Å². The molecule has 0 saturated heterocycles. The van der Waals surface area contributed by atoms with Crippen molar-refractivity contribution in [3.8, 4) is 0 Å². The summed E-state index contributed by atoms with van der Waals surface area (Å²) < 4.78 is 1.08. The van der Waals surface area contributed by atoms with Gasteiger partial charge in [0.25, 0.3) is 0 Å².